The zero-order chi connectivity index (χ0) is 22.8. The van der Waals surface area contributed by atoms with Gasteiger partial charge in [-0.15, -0.1) is 11.3 Å². The molecule has 5 rings (SSSR count). The van der Waals surface area contributed by atoms with E-state index in [1.807, 2.05) is 23.6 Å². The molecule has 0 atom stereocenters. The molecule has 0 unspecified atom stereocenters. The van der Waals surface area contributed by atoms with Crippen LogP contribution in [0.15, 0.2) is 53.9 Å². The summed E-state index contributed by atoms with van der Waals surface area (Å²) in [6.45, 7) is 1.71. The van der Waals surface area contributed by atoms with Gasteiger partial charge in [0, 0.05) is 23.2 Å². The second kappa shape index (κ2) is 9.21. The van der Waals surface area contributed by atoms with Gasteiger partial charge in [0.2, 0.25) is 11.8 Å². The molecule has 4 aromatic rings. The first-order chi connectivity index (χ1) is 16.1. The van der Waals surface area contributed by atoms with Crippen molar-refractivity contribution in [1.82, 2.24) is 15.3 Å². The maximum atomic E-state index is 14.1. The zero-order valence-electron chi connectivity index (χ0n) is 17.5. The Hall–Kier alpha value is -3.43. The molecule has 0 saturated carbocycles. The highest BCUT2D eigenvalue weighted by Gasteiger charge is 2.21. The number of hydrogen-bond donors (Lipinski definition) is 2. The maximum Gasteiger partial charge on any atom is 0.241 e. The normalized spacial score (nSPS) is 14.4. The summed E-state index contributed by atoms with van der Waals surface area (Å²) in [5, 5.41) is 8.07. The number of amides is 1. The SMILES string of the molecule is O=C(Nc1ccc(-c2nc(Oc3ccc(F)cc3F)c3sccc3n2)cc1)C1CCNCC1. The second-order valence-electron chi connectivity index (χ2n) is 7.76. The van der Waals surface area contributed by atoms with Crippen LogP contribution in [0, 0.1) is 17.6 Å². The minimum Gasteiger partial charge on any atom is -0.434 e. The van der Waals surface area contributed by atoms with Crippen molar-refractivity contribution in [2.24, 2.45) is 5.92 Å². The number of hydrogen-bond acceptors (Lipinski definition) is 6. The Kier molecular flexibility index (Phi) is 5.97. The molecule has 1 fully saturated rings. The fourth-order valence-electron chi connectivity index (χ4n) is 3.73. The number of thiophene rings is 1. The summed E-state index contributed by atoms with van der Waals surface area (Å²) in [6.07, 6.45) is 1.66. The number of rotatable bonds is 5. The van der Waals surface area contributed by atoms with Crippen molar-refractivity contribution in [1.29, 1.82) is 0 Å². The first-order valence-corrected chi connectivity index (χ1v) is 11.4. The predicted molar refractivity (Wildman–Crippen MR) is 124 cm³/mol. The molecular weight excluding hydrogens is 446 g/mol. The van der Waals surface area contributed by atoms with Crippen molar-refractivity contribution in [2.75, 3.05) is 18.4 Å². The van der Waals surface area contributed by atoms with E-state index in [9.17, 15) is 13.6 Å². The quantitative estimate of drug-likeness (QED) is 0.414. The van der Waals surface area contributed by atoms with E-state index in [0.29, 0.717) is 27.3 Å². The Balaban J connectivity index is 1.39. The van der Waals surface area contributed by atoms with Crippen LogP contribution < -0.4 is 15.4 Å². The fourth-order valence-corrected chi connectivity index (χ4v) is 4.48. The van der Waals surface area contributed by atoms with Crippen LogP contribution in [-0.2, 0) is 4.79 Å². The van der Waals surface area contributed by atoms with Crippen molar-refractivity contribution in [3.05, 3.63) is 65.5 Å². The molecule has 2 aromatic heterocycles. The lowest BCUT2D eigenvalue weighted by atomic mass is 9.97. The molecule has 0 spiro atoms. The number of carbonyl (C=O) groups excluding carboxylic acids is 1. The Bertz CT molecular complexity index is 1300. The van der Waals surface area contributed by atoms with Crippen LogP contribution in [0.1, 0.15) is 12.8 Å². The Morgan fingerprint density at radius 1 is 1.06 bits per heavy atom. The number of piperidine rings is 1. The number of halogens is 2. The van der Waals surface area contributed by atoms with Crippen LogP contribution in [0.5, 0.6) is 11.6 Å². The van der Waals surface area contributed by atoms with E-state index in [-0.39, 0.29) is 23.5 Å². The van der Waals surface area contributed by atoms with E-state index in [4.69, 9.17) is 4.74 Å². The minimum atomic E-state index is -0.811. The third-order valence-corrected chi connectivity index (χ3v) is 6.39. The molecule has 1 amide bonds. The van der Waals surface area contributed by atoms with Gasteiger partial charge in [-0.05, 0) is 73.8 Å². The van der Waals surface area contributed by atoms with Gasteiger partial charge in [-0.25, -0.2) is 13.8 Å². The third kappa shape index (κ3) is 4.69. The standard InChI is InChI=1S/C24H20F2N4O2S/c25-16-3-6-20(18(26)13-16)32-24-21-19(9-12-33-21)29-22(30-24)14-1-4-17(5-2-14)28-23(31)15-7-10-27-11-8-15/h1-6,9,12-13,15,27H,7-8,10-11H2,(H,28,31). The highest BCUT2D eigenvalue weighted by atomic mass is 32.1. The van der Waals surface area contributed by atoms with Gasteiger partial charge in [0.1, 0.15) is 10.5 Å². The van der Waals surface area contributed by atoms with E-state index in [1.54, 1.807) is 12.1 Å². The highest BCUT2D eigenvalue weighted by molar-refractivity contribution is 7.17. The highest BCUT2D eigenvalue weighted by Crippen LogP contribution is 2.34. The van der Waals surface area contributed by atoms with Crippen LogP contribution in [-0.4, -0.2) is 29.0 Å². The molecule has 0 bridgehead atoms. The fraction of sp³-hybridized carbons (Fsp3) is 0.208. The summed E-state index contributed by atoms with van der Waals surface area (Å²) in [4.78, 5) is 21.5. The maximum absolute atomic E-state index is 14.1. The molecule has 2 aromatic carbocycles. The van der Waals surface area contributed by atoms with Crippen molar-refractivity contribution in [3.63, 3.8) is 0 Å². The van der Waals surface area contributed by atoms with Crippen LogP contribution >= 0.6 is 11.3 Å². The molecule has 3 heterocycles. The van der Waals surface area contributed by atoms with E-state index in [1.165, 1.54) is 17.4 Å². The van der Waals surface area contributed by atoms with Gasteiger partial charge in [0.15, 0.2) is 17.4 Å². The van der Waals surface area contributed by atoms with Gasteiger partial charge in [-0.1, -0.05) is 0 Å². The number of anilines is 1. The van der Waals surface area contributed by atoms with Crippen LogP contribution in [0.3, 0.4) is 0 Å². The third-order valence-electron chi connectivity index (χ3n) is 5.49. The summed E-state index contributed by atoms with van der Waals surface area (Å²) >= 11 is 1.37. The van der Waals surface area contributed by atoms with Gasteiger partial charge in [0.25, 0.3) is 0 Å². The summed E-state index contributed by atoms with van der Waals surface area (Å²) in [7, 11) is 0. The van der Waals surface area contributed by atoms with Gasteiger partial charge < -0.3 is 15.4 Å². The van der Waals surface area contributed by atoms with Crippen molar-refractivity contribution >= 4 is 33.1 Å². The van der Waals surface area contributed by atoms with Crippen LogP contribution in [0.2, 0.25) is 0 Å². The molecule has 1 saturated heterocycles. The molecule has 9 heteroatoms. The molecule has 168 valence electrons. The zero-order valence-corrected chi connectivity index (χ0v) is 18.3. The predicted octanol–water partition coefficient (Wildman–Crippen LogP) is 5.37. The number of nitrogens with zero attached hydrogens (tertiary/aromatic N) is 2. The van der Waals surface area contributed by atoms with E-state index >= 15 is 0 Å². The van der Waals surface area contributed by atoms with Crippen molar-refractivity contribution in [3.8, 4) is 23.0 Å². The van der Waals surface area contributed by atoms with E-state index in [2.05, 4.69) is 20.6 Å². The first-order valence-electron chi connectivity index (χ1n) is 10.6. The molecule has 0 radical (unpaired) electrons. The molecule has 2 N–H and O–H groups in total. The van der Waals surface area contributed by atoms with Gasteiger partial charge >= 0.3 is 0 Å². The first kappa shape index (κ1) is 21.4. The summed E-state index contributed by atoms with van der Waals surface area (Å²) in [5.74, 6) is -0.982. The average molecular weight is 467 g/mol. The van der Waals surface area contributed by atoms with E-state index in [0.717, 1.165) is 38.1 Å². The smallest absolute Gasteiger partial charge is 0.241 e. The lowest BCUT2D eigenvalue weighted by molar-refractivity contribution is -0.120. The van der Waals surface area contributed by atoms with Crippen LogP contribution in [0.25, 0.3) is 21.6 Å². The number of carbonyl (C=O) groups is 1. The molecule has 1 aliphatic heterocycles. The molecule has 1 aliphatic rings. The summed E-state index contributed by atoms with van der Waals surface area (Å²) in [6, 6.07) is 12.2. The summed E-state index contributed by atoms with van der Waals surface area (Å²) in [5.41, 5.74) is 2.07. The average Bonchev–Trinajstić information content (AvgIpc) is 3.31. The largest absolute Gasteiger partial charge is 0.434 e. The van der Waals surface area contributed by atoms with Gasteiger partial charge in [-0.3, -0.25) is 4.79 Å². The van der Waals surface area contributed by atoms with Gasteiger partial charge in [-0.2, -0.15) is 4.98 Å². The molecule has 33 heavy (non-hydrogen) atoms. The van der Waals surface area contributed by atoms with Crippen LogP contribution in [0.4, 0.5) is 14.5 Å². The Morgan fingerprint density at radius 2 is 1.85 bits per heavy atom. The number of aromatic nitrogens is 2. The summed E-state index contributed by atoms with van der Waals surface area (Å²) < 4.78 is 33.7. The van der Waals surface area contributed by atoms with Gasteiger partial charge in [0.05, 0.1) is 5.52 Å². The molecular formula is C24H20F2N4O2S. The lowest BCUT2D eigenvalue weighted by Gasteiger charge is -2.21. The van der Waals surface area contributed by atoms with Crippen molar-refractivity contribution < 1.29 is 18.3 Å². The minimum absolute atomic E-state index is 0.0156. The molecule has 0 aliphatic carbocycles. The Morgan fingerprint density at radius 3 is 2.61 bits per heavy atom. The topological polar surface area (TPSA) is 76.1 Å². The lowest BCUT2D eigenvalue weighted by Crippen LogP contribution is -2.34. The number of ether oxygens (including phenoxy) is 1. The second-order valence-corrected chi connectivity index (χ2v) is 8.67. The number of nitrogens with one attached hydrogen (secondary N) is 2. The molecule has 6 nitrogen and oxygen atoms in total. The van der Waals surface area contributed by atoms with Crippen molar-refractivity contribution in [2.45, 2.75) is 12.8 Å². The van der Waals surface area contributed by atoms with E-state index < -0.39 is 11.6 Å². The Labute approximate surface area is 192 Å². The monoisotopic (exact) mass is 466 g/mol. The number of benzene rings is 2. The number of fused-ring (bicyclic) bond motifs is 1.